The second-order valence-electron chi connectivity index (χ2n) is 18.2. The quantitative estimate of drug-likeness (QED) is 0.136. The highest BCUT2D eigenvalue weighted by Gasteiger charge is 2.26. The van der Waals surface area contributed by atoms with Gasteiger partial charge in [0.15, 0.2) is 11.6 Å². The predicted octanol–water partition coefficient (Wildman–Crippen LogP) is 16.2. The van der Waals surface area contributed by atoms with Crippen molar-refractivity contribution in [3.8, 4) is 29.1 Å². The molecule has 8 aromatic carbocycles. The molecule has 0 unspecified atom stereocenters. The Morgan fingerprint density at radius 3 is 1.60 bits per heavy atom. The topological polar surface area (TPSA) is 78.8 Å². The number of hydrogen-bond acceptors (Lipinski definition) is 6. The highest BCUT2D eigenvalue weighted by molar-refractivity contribution is 6.24. The van der Waals surface area contributed by atoms with E-state index in [0.717, 1.165) is 115 Å². The van der Waals surface area contributed by atoms with Crippen molar-refractivity contribution in [2.24, 2.45) is 0 Å². The van der Waals surface area contributed by atoms with Gasteiger partial charge in [0.2, 0.25) is 5.95 Å². The van der Waals surface area contributed by atoms with E-state index in [0.29, 0.717) is 23.2 Å². The molecule has 0 atom stereocenters. The van der Waals surface area contributed by atoms with Crippen LogP contribution in [-0.2, 0) is 0 Å². The van der Waals surface area contributed by atoms with Gasteiger partial charge in [0, 0.05) is 66.9 Å². The van der Waals surface area contributed by atoms with Crippen molar-refractivity contribution in [3.05, 3.63) is 248 Å². The van der Waals surface area contributed by atoms with Crippen LogP contribution in [0.3, 0.4) is 0 Å². The molecule has 0 fully saturated rings. The fourth-order valence-electron chi connectivity index (χ4n) is 10.6. The molecule has 2 aliphatic carbocycles. The van der Waals surface area contributed by atoms with E-state index >= 15 is 0 Å². The van der Waals surface area contributed by atoms with E-state index in [1.165, 1.54) is 5.70 Å². The maximum Gasteiger partial charge on any atom is 0.238 e. The largest absolute Gasteiger partial charge is 0.314 e. The first-order valence-corrected chi connectivity index (χ1v) is 24.5. The van der Waals surface area contributed by atoms with Crippen molar-refractivity contribution < 1.29 is 0 Å². The lowest BCUT2D eigenvalue weighted by atomic mass is 10.0. The fraction of sp³-hybridized carbons (Fsp3) is 0.0625. The van der Waals surface area contributed by atoms with Crippen LogP contribution in [0.25, 0.3) is 72.2 Å². The number of anilines is 5. The third-order valence-electron chi connectivity index (χ3n) is 13.8. The Hall–Kier alpha value is -9.58. The molecule has 0 saturated heterocycles. The number of nitrogens with zero attached hydrogens (tertiary/aromatic N) is 8. The number of nitriles is 1. The van der Waals surface area contributed by atoms with Crippen LogP contribution in [0.2, 0.25) is 0 Å². The van der Waals surface area contributed by atoms with E-state index in [1.807, 2.05) is 24.3 Å². The smallest absolute Gasteiger partial charge is 0.238 e. The second-order valence-corrected chi connectivity index (χ2v) is 18.2. The third-order valence-corrected chi connectivity index (χ3v) is 13.8. The molecular formula is C64H46N8. The van der Waals surface area contributed by atoms with Crippen LogP contribution in [0, 0.1) is 11.3 Å². The number of benzene rings is 8. The Kier molecular flexibility index (Phi) is 10.7. The van der Waals surface area contributed by atoms with Crippen LogP contribution in [0.15, 0.2) is 236 Å². The monoisotopic (exact) mass is 926 g/mol. The van der Waals surface area contributed by atoms with Gasteiger partial charge in [0.25, 0.3) is 0 Å². The molecule has 11 aromatic rings. The molecule has 0 N–H and O–H groups in total. The van der Waals surface area contributed by atoms with E-state index in [2.05, 4.69) is 231 Å². The first kappa shape index (κ1) is 42.5. The van der Waals surface area contributed by atoms with E-state index in [9.17, 15) is 5.26 Å². The van der Waals surface area contributed by atoms with Gasteiger partial charge in [-0.1, -0.05) is 127 Å². The molecule has 8 heteroatoms. The highest BCUT2D eigenvalue weighted by Crippen LogP contribution is 2.46. The molecule has 0 saturated carbocycles. The Labute approximate surface area is 417 Å². The summed E-state index contributed by atoms with van der Waals surface area (Å²) in [5.74, 6) is 1.62. The van der Waals surface area contributed by atoms with Crippen LogP contribution < -0.4 is 9.80 Å². The van der Waals surface area contributed by atoms with Crippen molar-refractivity contribution in [1.82, 2.24) is 24.1 Å². The maximum absolute atomic E-state index is 10.0. The summed E-state index contributed by atoms with van der Waals surface area (Å²) in [5.41, 5.74) is 14.0. The van der Waals surface area contributed by atoms with E-state index in [-0.39, 0.29) is 0 Å². The summed E-state index contributed by atoms with van der Waals surface area (Å²) < 4.78 is 4.67. The number of hydrogen-bond donors (Lipinski definition) is 0. The number of rotatable bonds is 10. The Morgan fingerprint density at radius 2 is 1.00 bits per heavy atom. The van der Waals surface area contributed by atoms with Crippen molar-refractivity contribution in [3.63, 3.8) is 0 Å². The van der Waals surface area contributed by atoms with Crippen LogP contribution in [0.5, 0.6) is 0 Å². The fourth-order valence-corrected chi connectivity index (χ4v) is 10.6. The molecule has 3 aromatic heterocycles. The van der Waals surface area contributed by atoms with Gasteiger partial charge in [-0.3, -0.25) is 4.57 Å². The average molecular weight is 927 g/mol. The number of fused-ring (bicyclic) bond motifs is 7. The SMILES string of the molecule is N#Cc1cccc(-c2nc(C3=CC=CCC3)nc(-n3c4ccc(N(C5=CC=CCC5)c5ccccc5)cc4c4ccc5c6cc(N(c7ccccc7)c7ccccc7)ccc6n(-c6ccccc6)c5c43)n2)c1. The van der Waals surface area contributed by atoms with Crippen LogP contribution in [-0.4, -0.2) is 24.1 Å². The summed E-state index contributed by atoms with van der Waals surface area (Å²) in [6.45, 7) is 0. The first-order chi connectivity index (χ1) is 35.7. The molecule has 72 heavy (non-hydrogen) atoms. The second kappa shape index (κ2) is 18.1. The Morgan fingerprint density at radius 1 is 0.444 bits per heavy atom. The summed E-state index contributed by atoms with van der Waals surface area (Å²) in [4.78, 5) is 20.7. The molecule has 13 rings (SSSR count). The minimum absolute atomic E-state index is 0.498. The van der Waals surface area contributed by atoms with Crippen LogP contribution >= 0.6 is 0 Å². The molecule has 0 amide bonds. The minimum atomic E-state index is 0.498. The zero-order valence-electron chi connectivity index (χ0n) is 39.3. The summed E-state index contributed by atoms with van der Waals surface area (Å²) in [6.07, 6.45) is 16.6. The summed E-state index contributed by atoms with van der Waals surface area (Å²) in [7, 11) is 0. The lowest BCUT2D eigenvalue weighted by Crippen LogP contribution is -2.17. The summed E-state index contributed by atoms with van der Waals surface area (Å²) in [6, 6.07) is 70.5. The van der Waals surface area contributed by atoms with Crippen molar-refractivity contribution >= 4 is 77.6 Å². The number of aromatic nitrogens is 5. The van der Waals surface area contributed by atoms with Gasteiger partial charge in [-0.2, -0.15) is 15.2 Å². The Bertz CT molecular complexity index is 4010. The number of allylic oxidation sites excluding steroid dienone is 8. The summed E-state index contributed by atoms with van der Waals surface area (Å²) >= 11 is 0. The lowest BCUT2D eigenvalue weighted by molar-refractivity contribution is 0.912. The van der Waals surface area contributed by atoms with E-state index in [1.54, 1.807) is 0 Å². The van der Waals surface area contributed by atoms with Gasteiger partial charge < -0.3 is 14.4 Å². The first-order valence-electron chi connectivity index (χ1n) is 24.5. The van der Waals surface area contributed by atoms with Gasteiger partial charge >= 0.3 is 0 Å². The molecule has 0 spiro atoms. The van der Waals surface area contributed by atoms with Crippen molar-refractivity contribution in [2.75, 3.05) is 9.80 Å². The molecule has 0 aliphatic heterocycles. The average Bonchev–Trinajstić information content (AvgIpc) is 3.97. The van der Waals surface area contributed by atoms with Crippen LogP contribution in [0.1, 0.15) is 37.1 Å². The maximum atomic E-state index is 10.0. The standard InChI is InChI=1S/C64H46N8/c65-43-44-20-19-23-46(40-44)63-66-62(45-21-7-1-8-22-45)67-64(68-63)72-59-39-35-53(70(49-28-13-4-14-29-49)50-30-15-5-16-31-50)42-57(59)55-37-36-54-56-41-52(69(47-24-9-2-10-25-47)48-26-11-3-12-27-48)34-38-58(56)71(60(54)61(55)72)51-32-17-6-18-33-51/h1-7,9-15,17-21,23-30,32-42H,8,16,22,31H2. The zero-order valence-corrected chi connectivity index (χ0v) is 39.3. The van der Waals surface area contributed by atoms with Crippen molar-refractivity contribution in [2.45, 2.75) is 25.7 Å². The third kappa shape index (κ3) is 7.43. The summed E-state index contributed by atoms with van der Waals surface area (Å²) in [5, 5.41) is 14.4. The van der Waals surface area contributed by atoms with Gasteiger partial charge in [0.1, 0.15) is 0 Å². The molecule has 3 heterocycles. The normalized spacial score (nSPS) is 13.4. The molecular weight excluding hydrogens is 881 g/mol. The zero-order chi connectivity index (χ0) is 48.0. The van der Waals surface area contributed by atoms with Gasteiger partial charge in [0.05, 0.1) is 33.7 Å². The van der Waals surface area contributed by atoms with Gasteiger partial charge in [-0.25, -0.2) is 4.98 Å². The minimum Gasteiger partial charge on any atom is -0.314 e. The molecule has 0 bridgehead atoms. The predicted molar refractivity (Wildman–Crippen MR) is 295 cm³/mol. The van der Waals surface area contributed by atoms with Gasteiger partial charge in [-0.15, -0.1) is 0 Å². The Balaban J connectivity index is 1.15. The number of para-hydroxylation sites is 4. The molecule has 2 aliphatic rings. The van der Waals surface area contributed by atoms with Crippen LogP contribution in [0.4, 0.5) is 28.4 Å². The lowest BCUT2D eigenvalue weighted by Gasteiger charge is -2.29. The van der Waals surface area contributed by atoms with E-state index < -0.39 is 0 Å². The van der Waals surface area contributed by atoms with Gasteiger partial charge in [-0.05, 0) is 134 Å². The highest BCUT2D eigenvalue weighted by atomic mass is 15.2. The van der Waals surface area contributed by atoms with E-state index in [4.69, 9.17) is 15.0 Å². The molecule has 8 nitrogen and oxygen atoms in total. The molecule has 342 valence electrons. The molecule has 0 radical (unpaired) electrons. The van der Waals surface area contributed by atoms with Crippen molar-refractivity contribution in [1.29, 1.82) is 5.26 Å².